The summed E-state index contributed by atoms with van der Waals surface area (Å²) in [4.78, 5) is 2.63. The Labute approximate surface area is 97.9 Å². The molecule has 1 saturated heterocycles. The Balaban J connectivity index is 1.92. The lowest BCUT2D eigenvalue weighted by Crippen LogP contribution is -2.53. The van der Waals surface area contributed by atoms with Crippen LogP contribution in [0.3, 0.4) is 0 Å². The second-order valence-electron chi connectivity index (χ2n) is 4.95. The first-order valence-electron chi connectivity index (χ1n) is 6.24. The van der Waals surface area contributed by atoms with Gasteiger partial charge >= 0.3 is 0 Å². The first-order valence-corrected chi connectivity index (χ1v) is 6.78. The van der Waals surface area contributed by atoms with Crippen LogP contribution >= 0.6 is 11.6 Å². The molecule has 0 amide bonds. The molecule has 1 aliphatic carbocycles. The highest BCUT2D eigenvalue weighted by atomic mass is 35.5. The fourth-order valence-electron chi connectivity index (χ4n) is 2.85. The van der Waals surface area contributed by atoms with E-state index >= 15 is 0 Å². The number of halogens is 1. The van der Waals surface area contributed by atoms with E-state index in [1.807, 2.05) is 0 Å². The molecule has 2 aliphatic rings. The molecule has 0 aromatic carbocycles. The smallest absolute Gasteiger partial charge is 0.0838 e. The van der Waals surface area contributed by atoms with Crippen molar-refractivity contribution in [3.63, 3.8) is 0 Å². The van der Waals surface area contributed by atoms with Gasteiger partial charge in [-0.15, -0.1) is 11.6 Å². The summed E-state index contributed by atoms with van der Waals surface area (Å²) in [5.74, 6) is 0.635. The number of alkyl halides is 1. The first-order chi connectivity index (χ1) is 7.31. The van der Waals surface area contributed by atoms with Crippen LogP contribution in [0.5, 0.6) is 0 Å². The first kappa shape index (κ1) is 11.7. The van der Waals surface area contributed by atoms with Gasteiger partial charge in [-0.2, -0.15) is 0 Å². The van der Waals surface area contributed by atoms with Crippen LogP contribution in [0.15, 0.2) is 0 Å². The van der Waals surface area contributed by atoms with Crippen LogP contribution in [0, 0.1) is 0 Å². The van der Waals surface area contributed by atoms with Gasteiger partial charge in [-0.1, -0.05) is 19.3 Å². The van der Waals surface area contributed by atoms with Crippen molar-refractivity contribution < 1.29 is 4.74 Å². The van der Waals surface area contributed by atoms with Gasteiger partial charge in [0.05, 0.1) is 12.7 Å². The Morgan fingerprint density at radius 1 is 1.27 bits per heavy atom. The van der Waals surface area contributed by atoms with Crippen molar-refractivity contribution in [2.45, 2.75) is 57.2 Å². The second kappa shape index (κ2) is 5.51. The Kier molecular flexibility index (Phi) is 4.30. The normalized spacial score (nSPS) is 35.6. The molecule has 0 N–H and O–H groups in total. The average Bonchev–Trinajstić information content (AvgIpc) is 2.31. The quantitative estimate of drug-likeness (QED) is 0.678. The monoisotopic (exact) mass is 231 g/mol. The highest BCUT2D eigenvalue weighted by Gasteiger charge is 2.31. The molecule has 2 rings (SSSR count). The van der Waals surface area contributed by atoms with Gasteiger partial charge in [0, 0.05) is 24.5 Å². The van der Waals surface area contributed by atoms with Gasteiger partial charge in [0.25, 0.3) is 0 Å². The number of hydrogen-bond acceptors (Lipinski definition) is 2. The maximum absolute atomic E-state index is 5.88. The maximum Gasteiger partial charge on any atom is 0.0838 e. The van der Waals surface area contributed by atoms with Gasteiger partial charge in [0.2, 0.25) is 0 Å². The van der Waals surface area contributed by atoms with Gasteiger partial charge in [-0.25, -0.2) is 0 Å². The number of morpholine rings is 1. The zero-order chi connectivity index (χ0) is 10.7. The van der Waals surface area contributed by atoms with E-state index in [1.165, 1.54) is 32.1 Å². The van der Waals surface area contributed by atoms with Crippen LogP contribution < -0.4 is 0 Å². The van der Waals surface area contributed by atoms with Crippen molar-refractivity contribution in [1.82, 2.24) is 4.90 Å². The van der Waals surface area contributed by atoms with Crippen molar-refractivity contribution >= 4 is 11.6 Å². The summed E-state index contributed by atoms with van der Waals surface area (Å²) >= 11 is 5.88. The molecular formula is C12H22ClNO. The standard InChI is InChI=1S/C12H22ClNO/c1-10-9-15-12(7-13)8-14(10)11-5-3-2-4-6-11/h10-12H,2-9H2,1H3. The lowest BCUT2D eigenvalue weighted by Gasteiger charge is -2.43. The zero-order valence-electron chi connectivity index (χ0n) is 9.62. The molecule has 2 nitrogen and oxygen atoms in total. The highest BCUT2D eigenvalue weighted by Crippen LogP contribution is 2.26. The molecule has 0 aromatic rings. The minimum atomic E-state index is 0.254. The van der Waals surface area contributed by atoms with E-state index in [0.717, 1.165) is 19.2 Å². The number of hydrogen-bond donors (Lipinski definition) is 0. The Hall–Kier alpha value is 0.210. The molecule has 1 saturated carbocycles. The van der Waals surface area contributed by atoms with Crippen LogP contribution in [0.2, 0.25) is 0 Å². The summed E-state index contributed by atoms with van der Waals surface area (Å²) in [6.07, 6.45) is 7.23. The highest BCUT2D eigenvalue weighted by molar-refractivity contribution is 6.18. The zero-order valence-corrected chi connectivity index (χ0v) is 10.4. The van der Waals surface area contributed by atoms with Crippen LogP contribution in [-0.2, 0) is 4.74 Å². The molecule has 15 heavy (non-hydrogen) atoms. The van der Waals surface area contributed by atoms with E-state index in [-0.39, 0.29) is 6.10 Å². The third-order valence-electron chi connectivity index (χ3n) is 3.77. The maximum atomic E-state index is 5.88. The third-order valence-corrected chi connectivity index (χ3v) is 4.11. The third kappa shape index (κ3) is 2.86. The second-order valence-corrected chi connectivity index (χ2v) is 5.26. The van der Waals surface area contributed by atoms with Crippen molar-refractivity contribution in [3.05, 3.63) is 0 Å². The molecular weight excluding hydrogens is 210 g/mol. The minimum absolute atomic E-state index is 0.254. The number of rotatable bonds is 2. The van der Waals surface area contributed by atoms with Gasteiger partial charge in [-0.3, -0.25) is 4.90 Å². The molecule has 0 radical (unpaired) electrons. The predicted molar refractivity (Wildman–Crippen MR) is 63.5 cm³/mol. The van der Waals surface area contributed by atoms with E-state index in [1.54, 1.807) is 0 Å². The van der Waals surface area contributed by atoms with Crippen LogP contribution in [0.1, 0.15) is 39.0 Å². The molecule has 0 spiro atoms. The van der Waals surface area contributed by atoms with Crippen molar-refractivity contribution in [2.24, 2.45) is 0 Å². The lowest BCUT2D eigenvalue weighted by molar-refractivity contribution is -0.0695. The molecule has 2 atom stereocenters. The summed E-state index contributed by atoms with van der Waals surface area (Å²) in [5.41, 5.74) is 0. The topological polar surface area (TPSA) is 12.5 Å². The van der Waals surface area contributed by atoms with E-state index in [4.69, 9.17) is 16.3 Å². The largest absolute Gasteiger partial charge is 0.374 e. The number of ether oxygens (including phenoxy) is 1. The van der Waals surface area contributed by atoms with Crippen molar-refractivity contribution in [1.29, 1.82) is 0 Å². The summed E-state index contributed by atoms with van der Waals surface area (Å²) in [5, 5.41) is 0. The summed E-state index contributed by atoms with van der Waals surface area (Å²) in [6, 6.07) is 1.37. The fraction of sp³-hybridized carbons (Fsp3) is 1.00. The van der Waals surface area contributed by atoms with E-state index in [9.17, 15) is 0 Å². The Bertz CT molecular complexity index is 194. The number of nitrogens with zero attached hydrogens (tertiary/aromatic N) is 1. The predicted octanol–water partition coefficient (Wildman–Crippen LogP) is 2.65. The van der Waals surface area contributed by atoms with E-state index in [0.29, 0.717) is 11.9 Å². The Morgan fingerprint density at radius 3 is 2.67 bits per heavy atom. The SMILES string of the molecule is CC1COC(CCl)CN1C1CCCCC1. The fourth-order valence-corrected chi connectivity index (χ4v) is 3.04. The minimum Gasteiger partial charge on any atom is -0.374 e. The lowest BCUT2D eigenvalue weighted by atomic mass is 9.92. The van der Waals surface area contributed by atoms with Crippen LogP contribution in [0.25, 0.3) is 0 Å². The molecule has 3 heteroatoms. The van der Waals surface area contributed by atoms with Crippen molar-refractivity contribution in [2.75, 3.05) is 19.0 Å². The Morgan fingerprint density at radius 2 is 2.00 bits per heavy atom. The molecule has 0 aromatic heterocycles. The molecule has 88 valence electrons. The average molecular weight is 232 g/mol. The molecule has 2 unspecified atom stereocenters. The van der Waals surface area contributed by atoms with Crippen LogP contribution in [0.4, 0.5) is 0 Å². The van der Waals surface area contributed by atoms with Gasteiger partial charge in [-0.05, 0) is 19.8 Å². The van der Waals surface area contributed by atoms with E-state index < -0.39 is 0 Å². The summed E-state index contributed by atoms with van der Waals surface area (Å²) in [6.45, 7) is 4.17. The van der Waals surface area contributed by atoms with Gasteiger partial charge in [0.15, 0.2) is 0 Å². The van der Waals surface area contributed by atoms with Crippen LogP contribution in [-0.4, -0.2) is 42.1 Å². The summed E-state index contributed by atoms with van der Waals surface area (Å²) in [7, 11) is 0. The summed E-state index contributed by atoms with van der Waals surface area (Å²) < 4.78 is 5.69. The molecule has 1 aliphatic heterocycles. The molecule has 0 bridgehead atoms. The van der Waals surface area contributed by atoms with E-state index in [2.05, 4.69) is 11.8 Å². The van der Waals surface area contributed by atoms with Gasteiger partial charge in [0.1, 0.15) is 0 Å². The molecule has 2 fully saturated rings. The van der Waals surface area contributed by atoms with Crippen molar-refractivity contribution in [3.8, 4) is 0 Å². The van der Waals surface area contributed by atoms with Gasteiger partial charge < -0.3 is 4.74 Å². The molecule has 1 heterocycles.